The van der Waals surface area contributed by atoms with Crippen molar-refractivity contribution in [3.8, 4) is 28.5 Å². The van der Waals surface area contributed by atoms with E-state index in [1.165, 1.54) is 32.2 Å². The number of nitriles is 1. The number of nitrogens with zero attached hydrogens (tertiary/aromatic N) is 3. The van der Waals surface area contributed by atoms with E-state index in [0.29, 0.717) is 27.9 Å². The number of hydrogen-bond donors (Lipinski definition) is 1. The van der Waals surface area contributed by atoms with E-state index in [1.54, 1.807) is 47.0 Å². The summed E-state index contributed by atoms with van der Waals surface area (Å²) in [5.74, 6) is -0.997. The number of aliphatic hydroxyl groups is 1. The number of hydrogen-bond acceptors (Lipinski definition) is 3. The highest BCUT2D eigenvalue weighted by molar-refractivity contribution is 5.73. The monoisotopic (exact) mass is 389 g/mol. The van der Waals surface area contributed by atoms with Crippen LogP contribution in [0, 0.1) is 23.0 Å². The molecule has 0 fully saturated rings. The van der Waals surface area contributed by atoms with Crippen molar-refractivity contribution in [3.63, 3.8) is 0 Å². The second-order valence-corrected chi connectivity index (χ2v) is 7.32. The lowest BCUT2D eigenvalue weighted by molar-refractivity contribution is 0.0746. The van der Waals surface area contributed by atoms with Gasteiger partial charge in [0, 0.05) is 22.9 Å². The summed E-state index contributed by atoms with van der Waals surface area (Å²) < 4.78 is 30.9. The quantitative estimate of drug-likeness (QED) is 0.534. The zero-order chi connectivity index (χ0) is 20.8. The van der Waals surface area contributed by atoms with Crippen LogP contribution >= 0.6 is 0 Å². The molecule has 0 unspecified atom stereocenters. The van der Waals surface area contributed by atoms with Crippen LogP contribution in [0.2, 0.25) is 0 Å². The zero-order valence-corrected chi connectivity index (χ0v) is 15.8. The van der Waals surface area contributed by atoms with Crippen LogP contribution in [0.25, 0.3) is 28.0 Å². The summed E-state index contributed by atoms with van der Waals surface area (Å²) in [7, 11) is 0. The summed E-state index contributed by atoms with van der Waals surface area (Å²) in [6.45, 7) is 3.02. The predicted octanol–water partition coefficient (Wildman–Crippen LogP) is 5.05. The first kappa shape index (κ1) is 18.8. The van der Waals surface area contributed by atoms with Crippen molar-refractivity contribution < 1.29 is 13.9 Å². The smallest absolute Gasteiger partial charge is 0.174 e. The maximum atomic E-state index is 14.8. The number of benzene rings is 2. The molecule has 0 amide bonds. The Morgan fingerprint density at radius 1 is 1.03 bits per heavy atom. The highest BCUT2D eigenvalue weighted by atomic mass is 19.1. The molecular formula is C23H17F2N3O. The molecule has 2 heterocycles. The summed E-state index contributed by atoms with van der Waals surface area (Å²) >= 11 is 0. The highest BCUT2D eigenvalue weighted by Gasteiger charge is 2.24. The van der Waals surface area contributed by atoms with Gasteiger partial charge in [0.05, 0.1) is 29.1 Å². The molecule has 0 atom stereocenters. The van der Waals surface area contributed by atoms with Crippen molar-refractivity contribution in [1.29, 1.82) is 5.26 Å². The van der Waals surface area contributed by atoms with Gasteiger partial charge in [0.1, 0.15) is 5.82 Å². The molecule has 29 heavy (non-hydrogen) atoms. The Balaban J connectivity index is 1.84. The van der Waals surface area contributed by atoms with Crippen LogP contribution in [-0.4, -0.2) is 14.5 Å². The third kappa shape index (κ3) is 3.26. The van der Waals surface area contributed by atoms with Gasteiger partial charge in [-0.15, -0.1) is 0 Å². The van der Waals surface area contributed by atoms with E-state index < -0.39 is 17.2 Å². The molecule has 0 aliphatic heterocycles. The lowest BCUT2D eigenvalue weighted by Gasteiger charge is -2.18. The van der Waals surface area contributed by atoms with Crippen LogP contribution in [-0.2, 0) is 5.60 Å². The van der Waals surface area contributed by atoms with Gasteiger partial charge >= 0.3 is 0 Å². The molecule has 0 aliphatic rings. The Hall–Kier alpha value is -3.56. The van der Waals surface area contributed by atoms with Gasteiger partial charge in [-0.1, -0.05) is 12.1 Å². The molecule has 0 radical (unpaired) electrons. The fourth-order valence-electron chi connectivity index (χ4n) is 3.33. The first-order valence-corrected chi connectivity index (χ1v) is 8.98. The van der Waals surface area contributed by atoms with Crippen LogP contribution < -0.4 is 0 Å². The molecule has 0 saturated heterocycles. The molecule has 2 aromatic heterocycles. The van der Waals surface area contributed by atoms with Crippen molar-refractivity contribution in [2.45, 2.75) is 19.4 Å². The van der Waals surface area contributed by atoms with Crippen LogP contribution in [0.4, 0.5) is 8.78 Å². The molecule has 1 N–H and O–H groups in total. The minimum atomic E-state index is -1.34. The first-order chi connectivity index (χ1) is 13.8. The number of rotatable bonds is 3. The summed E-state index contributed by atoms with van der Waals surface area (Å²) in [5.41, 5.74) is 1.65. The summed E-state index contributed by atoms with van der Waals surface area (Å²) in [6.07, 6.45) is 3.15. The van der Waals surface area contributed by atoms with Crippen molar-refractivity contribution in [1.82, 2.24) is 9.38 Å². The zero-order valence-electron chi connectivity index (χ0n) is 15.8. The average Bonchev–Trinajstić information content (AvgIpc) is 3.13. The molecule has 4 nitrogen and oxygen atoms in total. The number of aromatic nitrogens is 2. The van der Waals surface area contributed by atoms with Crippen molar-refractivity contribution in [2.75, 3.05) is 0 Å². The number of imidazole rings is 1. The molecule has 0 spiro atoms. The van der Waals surface area contributed by atoms with Crippen LogP contribution in [0.3, 0.4) is 0 Å². The van der Waals surface area contributed by atoms with Gasteiger partial charge in [0.2, 0.25) is 0 Å². The summed E-state index contributed by atoms with van der Waals surface area (Å²) in [5, 5.41) is 19.1. The molecule has 4 aromatic rings. The topological polar surface area (TPSA) is 61.3 Å². The number of fused-ring (bicyclic) bond motifs is 1. The van der Waals surface area contributed by atoms with E-state index in [1.807, 2.05) is 6.07 Å². The standard InChI is InChI=1S/C23H17F2N3O/c1-23(2,29)18-9-10-28-20(13-27-22(28)21(18)25)16-7-8-19(24)17(11-16)15-5-3-14(12-26)4-6-15/h3-11,13,29H,1-2H3. The second-order valence-electron chi connectivity index (χ2n) is 7.32. The van der Waals surface area contributed by atoms with Crippen LogP contribution in [0.15, 0.2) is 60.9 Å². The van der Waals surface area contributed by atoms with Crippen molar-refractivity contribution in [3.05, 3.63) is 83.7 Å². The normalized spacial score (nSPS) is 11.6. The molecule has 144 valence electrons. The molecule has 0 aliphatic carbocycles. The van der Waals surface area contributed by atoms with E-state index in [0.717, 1.165) is 0 Å². The Kier molecular flexibility index (Phi) is 4.40. The van der Waals surface area contributed by atoms with Gasteiger partial charge in [-0.2, -0.15) is 5.26 Å². The lowest BCUT2D eigenvalue weighted by atomic mass is 9.99. The van der Waals surface area contributed by atoms with Crippen LogP contribution in [0.1, 0.15) is 25.0 Å². The van der Waals surface area contributed by atoms with Crippen LogP contribution in [0.5, 0.6) is 0 Å². The average molecular weight is 389 g/mol. The van der Waals surface area contributed by atoms with Crippen molar-refractivity contribution in [2.24, 2.45) is 0 Å². The highest BCUT2D eigenvalue weighted by Crippen LogP contribution is 2.31. The van der Waals surface area contributed by atoms with Gasteiger partial charge in [0.25, 0.3) is 0 Å². The Morgan fingerprint density at radius 3 is 2.38 bits per heavy atom. The van der Waals surface area contributed by atoms with Gasteiger partial charge in [0.15, 0.2) is 11.5 Å². The number of halogens is 2. The molecule has 6 heteroatoms. The molecule has 2 aromatic carbocycles. The summed E-state index contributed by atoms with van der Waals surface area (Å²) in [6, 6.07) is 14.8. The minimum absolute atomic E-state index is 0.0869. The first-order valence-electron chi connectivity index (χ1n) is 8.98. The maximum Gasteiger partial charge on any atom is 0.174 e. The maximum absolute atomic E-state index is 14.8. The molecular weight excluding hydrogens is 372 g/mol. The van der Waals surface area contributed by atoms with E-state index in [2.05, 4.69) is 4.98 Å². The third-order valence-electron chi connectivity index (χ3n) is 4.87. The predicted molar refractivity (Wildman–Crippen MR) is 106 cm³/mol. The Labute approximate surface area is 166 Å². The second kappa shape index (κ2) is 6.80. The minimum Gasteiger partial charge on any atom is -0.386 e. The molecule has 4 rings (SSSR count). The van der Waals surface area contributed by atoms with E-state index in [-0.39, 0.29) is 11.2 Å². The SMILES string of the molecule is CC(C)(O)c1ccn2c(-c3ccc(F)c(-c4ccc(C#N)cc4)c3)cnc2c1F. The van der Waals surface area contributed by atoms with E-state index >= 15 is 0 Å². The van der Waals surface area contributed by atoms with Gasteiger partial charge in [-0.05, 0) is 55.8 Å². The van der Waals surface area contributed by atoms with E-state index in [9.17, 15) is 13.9 Å². The third-order valence-corrected chi connectivity index (χ3v) is 4.87. The largest absolute Gasteiger partial charge is 0.386 e. The molecule has 0 saturated carbocycles. The lowest BCUT2D eigenvalue weighted by Crippen LogP contribution is -2.18. The van der Waals surface area contributed by atoms with Gasteiger partial charge < -0.3 is 5.11 Å². The fraction of sp³-hybridized carbons (Fsp3) is 0.130. The van der Waals surface area contributed by atoms with E-state index in [4.69, 9.17) is 5.26 Å². The Morgan fingerprint density at radius 2 is 1.72 bits per heavy atom. The fourth-order valence-corrected chi connectivity index (χ4v) is 3.33. The Bertz CT molecular complexity index is 1260. The summed E-state index contributed by atoms with van der Waals surface area (Å²) in [4.78, 5) is 4.16. The van der Waals surface area contributed by atoms with Crippen molar-refractivity contribution >= 4 is 5.65 Å². The number of pyridine rings is 1. The van der Waals surface area contributed by atoms with Gasteiger partial charge in [-0.3, -0.25) is 4.40 Å². The molecule has 0 bridgehead atoms. The van der Waals surface area contributed by atoms with Gasteiger partial charge in [-0.25, -0.2) is 13.8 Å².